The molecular formula is C16H13N3O. The molecule has 3 rings (SSSR count). The van der Waals surface area contributed by atoms with Gasteiger partial charge < -0.3 is 0 Å². The van der Waals surface area contributed by atoms with Crippen LogP contribution < -0.4 is 5.56 Å². The SMILES string of the molecule is Cc1cc2ncccc2c(=O)n1N=Cc1ccccc1. The van der Waals surface area contributed by atoms with Gasteiger partial charge in [-0.2, -0.15) is 5.10 Å². The second-order valence-corrected chi connectivity index (χ2v) is 4.49. The first-order valence-corrected chi connectivity index (χ1v) is 6.32. The first kappa shape index (κ1) is 12.3. The van der Waals surface area contributed by atoms with Crippen molar-refractivity contribution in [3.63, 3.8) is 0 Å². The molecule has 2 aromatic heterocycles. The summed E-state index contributed by atoms with van der Waals surface area (Å²) in [5.41, 5.74) is 2.25. The molecule has 3 aromatic rings. The fourth-order valence-corrected chi connectivity index (χ4v) is 2.05. The molecule has 1 aromatic carbocycles. The molecule has 0 N–H and O–H groups in total. The molecule has 4 nitrogen and oxygen atoms in total. The Morgan fingerprint density at radius 3 is 2.75 bits per heavy atom. The first-order chi connectivity index (χ1) is 9.75. The van der Waals surface area contributed by atoms with Crippen LogP contribution in [0.1, 0.15) is 11.3 Å². The maximum Gasteiger partial charge on any atom is 0.280 e. The van der Waals surface area contributed by atoms with Crippen LogP contribution in [0.3, 0.4) is 0 Å². The predicted molar refractivity (Wildman–Crippen MR) is 80.2 cm³/mol. The van der Waals surface area contributed by atoms with E-state index in [0.717, 1.165) is 11.3 Å². The summed E-state index contributed by atoms with van der Waals surface area (Å²) in [7, 11) is 0. The van der Waals surface area contributed by atoms with Crippen molar-refractivity contribution in [3.8, 4) is 0 Å². The molecule has 0 saturated heterocycles. The molecule has 2 heterocycles. The second kappa shape index (κ2) is 5.09. The van der Waals surface area contributed by atoms with Gasteiger partial charge in [-0.25, -0.2) is 4.68 Å². The lowest BCUT2D eigenvalue weighted by molar-refractivity contribution is 0.804. The van der Waals surface area contributed by atoms with Crippen LogP contribution in [0.4, 0.5) is 0 Å². The van der Waals surface area contributed by atoms with Crippen molar-refractivity contribution < 1.29 is 0 Å². The number of hydrogen-bond donors (Lipinski definition) is 0. The third-order valence-corrected chi connectivity index (χ3v) is 3.06. The minimum Gasteiger partial charge on any atom is -0.267 e. The monoisotopic (exact) mass is 263 g/mol. The molecule has 4 heteroatoms. The Bertz CT molecular complexity index is 835. The van der Waals surface area contributed by atoms with E-state index in [2.05, 4.69) is 10.1 Å². The summed E-state index contributed by atoms with van der Waals surface area (Å²) in [6.07, 6.45) is 3.36. The molecule has 0 spiro atoms. The van der Waals surface area contributed by atoms with Crippen molar-refractivity contribution in [1.82, 2.24) is 9.66 Å². The van der Waals surface area contributed by atoms with Gasteiger partial charge in [0.1, 0.15) is 0 Å². The van der Waals surface area contributed by atoms with E-state index in [1.807, 2.05) is 43.3 Å². The van der Waals surface area contributed by atoms with E-state index in [-0.39, 0.29) is 5.56 Å². The van der Waals surface area contributed by atoms with Gasteiger partial charge in [-0.15, -0.1) is 0 Å². The standard InChI is InChI=1S/C16H13N3O/c1-12-10-15-14(8-5-9-17-15)16(20)19(12)18-11-13-6-3-2-4-7-13/h2-11H,1H3. The van der Waals surface area contributed by atoms with Gasteiger partial charge in [0.05, 0.1) is 17.1 Å². The maximum atomic E-state index is 12.4. The molecule has 20 heavy (non-hydrogen) atoms. The summed E-state index contributed by atoms with van der Waals surface area (Å²) in [6, 6.07) is 15.1. The molecule has 98 valence electrons. The van der Waals surface area contributed by atoms with E-state index in [1.165, 1.54) is 4.68 Å². The van der Waals surface area contributed by atoms with Gasteiger partial charge in [0.15, 0.2) is 0 Å². The summed E-state index contributed by atoms with van der Waals surface area (Å²) < 4.78 is 1.40. The lowest BCUT2D eigenvalue weighted by Gasteiger charge is -2.05. The zero-order chi connectivity index (χ0) is 13.9. The van der Waals surface area contributed by atoms with Crippen molar-refractivity contribution in [2.75, 3.05) is 0 Å². The highest BCUT2D eigenvalue weighted by molar-refractivity contribution is 5.80. The summed E-state index contributed by atoms with van der Waals surface area (Å²) in [5, 5.41) is 4.85. The molecule has 0 bridgehead atoms. The molecule has 0 amide bonds. The maximum absolute atomic E-state index is 12.4. The number of rotatable bonds is 2. The zero-order valence-electron chi connectivity index (χ0n) is 11.0. The molecule has 0 aliphatic rings. The molecule has 0 aliphatic heterocycles. The number of aryl methyl sites for hydroxylation is 1. The molecular weight excluding hydrogens is 250 g/mol. The number of nitrogens with zero attached hydrogens (tertiary/aromatic N) is 3. The highest BCUT2D eigenvalue weighted by atomic mass is 16.1. The molecule has 0 radical (unpaired) electrons. The van der Waals surface area contributed by atoms with Crippen molar-refractivity contribution >= 4 is 17.1 Å². The van der Waals surface area contributed by atoms with Crippen LogP contribution >= 0.6 is 0 Å². The minimum absolute atomic E-state index is 0.153. The highest BCUT2D eigenvalue weighted by Gasteiger charge is 2.05. The van der Waals surface area contributed by atoms with Gasteiger partial charge in [-0.05, 0) is 30.7 Å². The summed E-state index contributed by atoms with van der Waals surface area (Å²) in [4.78, 5) is 16.6. The predicted octanol–water partition coefficient (Wildman–Crippen LogP) is 2.59. The largest absolute Gasteiger partial charge is 0.280 e. The van der Waals surface area contributed by atoms with Gasteiger partial charge >= 0.3 is 0 Å². The fourth-order valence-electron chi connectivity index (χ4n) is 2.05. The van der Waals surface area contributed by atoms with Crippen LogP contribution in [0.2, 0.25) is 0 Å². The Balaban J connectivity index is 2.13. The highest BCUT2D eigenvalue weighted by Crippen LogP contribution is 2.08. The van der Waals surface area contributed by atoms with E-state index in [9.17, 15) is 4.79 Å². The molecule has 0 fully saturated rings. The minimum atomic E-state index is -0.153. The van der Waals surface area contributed by atoms with E-state index in [4.69, 9.17) is 0 Å². The number of benzene rings is 1. The van der Waals surface area contributed by atoms with Crippen molar-refractivity contribution in [3.05, 3.63) is 76.3 Å². The van der Waals surface area contributed by atoms with Gasteiger partial charge in [0.2, 0.25) is 0 Å². The van der Waals surface area contributed by atoms with Gasteiger partial charge in [-0.1, -0.05) is 30.3 Å². The van der Waals surface area contributed by atoms with Crippen LogP contribution in [0.5, 0.6) is 0 Å². The number of pyridine rings is 2. The van der Waals surface area contributed by atoms with E-state index >= 15 is 0 Å². The zero-order valence-corrected chi connectivity index (χ0v) is 11.0. The van der Waals surface area contributed by atoms with Crippen LogP contribution in [0.25, 0.3) is 10.9 Å². The third kappa shape index (κ3) is 2.23. The van der Waals surface area contributed by atoms with Crippen molar-refractivity contribution in [2.45, 2.75) is 6.92 Å². The lowest BCUT2D eigenvalue weighted by Crippen LogP contribution is -2.19. The number of aromatic nitrogens is 2. The Morgan fingerprint density at radius 1 is 1.15 bits per heavy atom. The van der Waals surface area contributed by atoms with E-state index in [0.29, 0.717) is 10.9 Å². The fraction of sp³-hybridized carbons (Fsp3) is 0.0625. The smallest absolute Gasteiger partial charge is 0.267 e. The lowest BCUT2D eigenvalue weighted by atomic mass is 10.2. The molecule has 0 aliphatic carbocycles. The Labute approximate surface area is 116 Å². The topological polar surface area (TPSA) is 47.2 Å². The van der Waals surface area contributed by atoms with Gasteiger partial charge in [0.25, 0.3) is 5.56 Å². The number of hydrogen-bond acceptors (Lipinski definition) is 3. The van der Waals surface area contributed by atoms with Crippen LogP contribution in [0.15, 0.2) is 64.6 Å². The van der Waals surface area contributed by atoms with Gasteiger partial charge in [0, 0.05) is 11.9 Å². The van der Waals surface area contributed by atoms with E-state index in [1.54, 1.807) is 24.5 Å². The Hall–Kier alpha value is -2.75. The van der Waals surface area contributed by atoms with Crippen LogP contribution in [0, 0.1) is 6.92 Å². The molecule has 0 atom stereocenters. The quantitative estimate of drug-likeness (QED) is 0.667. The Kier molecular flexibility index (Phi) is 3.13. The number of fused-ring (bicyclic) bond motifs is 1. The molecule has 0 saturated carbocycles. The molecule has 0 unspecified atom stereocenters. The van der Waals surface area contributed by atoms with Crippen LogP contribution in [-0.4, -0.2) is 15.9 Å². The Morgan fingerprint density at radius 2 is 1.95 bits per heavy atom. The summed E-state index contributed by atoms with van der Waals surface area (Å²) in [5.74, 6) is 0. The average Bonchev–Trinajstić information content (AvgIpc) is 2.48. The summed E-state index contributed by atoms with van der Waals surface area (Å²) >= 11 is 0. The van der Waals surface area contributed by atoms with Gasteiger partial charge in [-0.3, -0.25) is 9.78 Å². The second-order valence-electron chi connectivity index (χ2n) is 4.49. The van der Waals surface area contributed by atoms with Crippen molar-refractivity contribution in [2.24, 2.45) is 5.10 Å². The average molecular weight is 263 g/mol. The van der Waals surface area contributed by atoms with E-state index < -0.39 is 0 Å². The summed E-state index contributed by atoms with van der Waals surface area (Å²) in [6.45, 7) is 1.85. The third-order valence-electron chi connectivity index (χ3n) is 3.06. The van der Waals surface area contributed by atoms with Crippen LogP contribution in [-0.2, 0) is 0 Å². The normalized spacial score (nSPS) is 11.2. The first-order valence-electron chi connectivity index (χ1n) is 6.32. The van der Waals surface area contributed by atoms with Crippen molar-refractivity contribution in [1.29, 1.82) is 0 Å².